The van der Waals surface area contributed by atoms with Crippen LogP contribution in [0.25, 0.3) is 22.3 Å². The number of hydrogen-bond donors (Lipinski definition) is 1. The first kappa shape index (κ1) is 31.3. The van der Waals surface area contributed by atoms with Gasteiger partial charge < -0.3 is 9.84 Å². The molecule has 8 nitrogen and oxygen atoms in total. The highest BCUT2D eigenvalue weighted by atomic mass is 35.5. The number of benzene rings is 2. The van der Waals surface area contributed by atoms with Crippen molar-refractivity contribution >= 4 is 46.4 Å². The standard InChI is InChI=1S/C16H15Cl2FN2O2.C13H11Cl2FN2O2/c1-2-7-23-13-8-10(12(19)9-11(13)17)14-15(18)20-5-3-4-6-21(20)16(14)22;14-8-6-9(16)7(5-10(8)19)11-12(15)17-3-1-2-4-18(17)13(11)20/h2,8-9H,1,3-7H2;5-6,19H,1-4H2. The molecule has 43 heavy (non-hydrogen) atoms. The van der Waals surface area contributed by atoms with Crippen LogP contribution in [-0.2, 0) is 26.2 Å². The number of ether oxygens (including phenoxy) is 1. The van der Waals surface area contributed by atoms with Crippen molar-refractivity contribution in [1.82, 2.24) is 18.7 Å². The molecule has 0 unspecified atom stereocenters. The van der Waals surface area contributed by atoms with Gasteiger partial charge in [0.05, 0.1) is 21.2 Å². The average Bonchev–Trinajstić information content (AvgIpc) is 3.39. The van der Waals surface area contributed by atoms with Crippen molar-refractivity contribution in [2.45, 2.75) is 51.9 Å². The normalized spacial score (nSPS) is 14.0. The molecule has 0 atom stereocenters. The van der Waals surface area contributed by atoms with Gasteiger partial charge in [-0.2, -0.15) is 0 Å². The fraction of sp³-hybridized carbons (Fsp3) is 0.310. The van der Waals surface area contributed by atoms with E-state index in [4.69, 9.17) is 51.1 Å². The lowest BCUT2D eigenvalue weighted by atomic mass is 10.1. The second kappa shape index (κ2) is 12.8. The van der Waals surface area contributed by atoms with Gasteiger partial charge in [0.2, 0.25) is 0 Å². The molecule has 0 amide bonds. The maximum absolute atomic E-state index is 14.4. The first-order chi connectivity index (χ1) is 20.5. The fourth-order valence-electron chi connectivity index (χ4n) is 5.21. The van der Waals surface area contributed by atoms with Crippen LogP contribution in [0, 0.1) is 11.6 Å². The molecule has 0 spiro atoms. The van der Waals surface area contributed by atoms with E-state index in [9.17, 15) is 23.5 Å². The fourth-order valence-corrected chi connectivity index (χ4v) is 6.29. The van der Waals surface area contributed by atoms with Crippen LogP contribution < -0.4 is 15.9 Å². The molecule has 4 heterocycles. The number of hydrogen-bond acceptors (Lipinski definition) is 4. The Hall–Kier alpha value is -3.18. The number of aromatic hydroxyl groups is 1. The summed E-state index contributed by atoms with van der Waals surface area (Å²) in [5.41, 5.74) is -0.376. The highest BCUT2D eigenvalue weighted by molar-refractivity contribution is 6.34. The molecule has 0 radical (unpaired) electrons. The minimum atomic E-state index is -0.685. The molecule has 2 aromatic heterocycles. The summed E-state index contributed by atoms with van der Waals surface area (Å²) in [6, 6.07) is 4.65. The number of rotatable bonds is 5. The molecule has 0 saturated carbocycles. The third-order valence-electron chi connectivity index (χ3n) is 7.28. The Morgan fingerprint density at radius 1 is 0.744 bits per heavy atom. The molecule has 14 heteroatoms. The van der Waals surface area contributed by atoms with Gasteiger partial charge in [0, 0.05) is 37.3 Å². The Labute approximate surface area is 264 Å². The SMILES string of the molecule is C=CCOc1cc(-c2c(Cl)n3n(c2=O)CCCC3)c(F)cc1Cl.O=c1c(-c2cc(O)c(Cl)cc2F)c(Cl)n2n1CCCC2. The van der Waals surface area contributed by atoms with E-state index in [0.29, 0.717) is 26.2 Å². The van der Waals surface area contributed by atoms with Crippen LogP contribution in [0.5, 0.6) is 11.5 Å². The van der Waals surface area contributed by atoms with Crippen LogP contribution in [0.1, 0.15) is 25.7 Å². The van der Waals surface area contributed by atoms with Crippen LogP contribution in [0.2, 0.25) is 20.4 Å². The summed E-state index contributed by atoms with van der Waals surface area (Å²) in [7, 11) is 0. The zero-order valence-corrected chi connectivity index (χ0v) is 25.7. The highest BCUT2D eigenvalue weighted by Gasteiger charge is 2.26. The van der Waals surface area contributed by atoms with Gasteiger partial charge >= 0.3 is 0 Å². The molecule has 228 valence electrons. The van der Waals surface area contributed by atoms with Gasteiger partial charge in [0.25, 0.3) is 11.1 Å². The summed E-state index contributed by atoms with van der Waals surface area (Å²) in [6.45, 7) is 6.18. The first-order valence-electron chi connectivity index (χ1n) is 13.4. The van der Waals surface area contributed by atoms with Crippen molar-refractivity contribution in [2.75, 3.05) is 6.61 Å². The maximum Gasteiger partial charge on any atom is 0.276 e. The maximum atomic E-state index is 14.4. The van der Waals surface area contributed by atoms with Crippen LogP contribution in [0.4, 0.5) is 8.78 Å². The zero-order chi connectivity index (χ0) is 31.0. The molecule has 0 aliphatic carbocycles. The van der Waals surface area contributed by atoms with Gasteiger partial charge in [-0.15, -0.1) is 0 Å². The predicted octanol–water partition coefficient (Wildman–Crippen LogP) is 7.38. The number of aromatic nitrogens is 4. The second-order valence-corrected chi connectivity index (χ2v) is 11.5. The van der Waals surface area contributed by atoms with Gasteiger partial charge in [-0.3, -0.25) is 19.0 Å². The number of phenols is 1. The predicted molar refractivity (Wildman–Crippen MR) is 164 cm³/mol. The van der Waals surface area contributed by atoms with Crippen LogP contribution in [-0.4, -0.2) is 30.4 Å². The lowest BCUT2D eigenvalue weighted by Crippen LogP contribution is -2.27. The quantitative estimate of drug-likeness (QED) is 0.224. The molecule has 0 saturated heterocycles. The van der Waals surface area contributed by atoms with E-state index in [-0.39, 0.29) is 71.8 Å². The monoisotopic (exact) mass is 672 g/mol. The smallest absolute Gasteiger partial charge is 0.276 e. The van der Waals surface area contributed by atoms with Crippen LogP contribution in [0.3, 0.4) is 0 Å². The molecule has 2 aliphatic heterocycles. The van der Waals surface area contributed by atoms with Gasteiger partial charge in [-0.1, -0.05) is 59.1 Å². The summed E-state index contributed by atoms with van der Waals surface area (Å²) in [4.78, 5) is 25.0. The van der Waals surface area contributed by atoms with Crippen LogP contribution >= 0.6 is 46.4 Å². The lowest BCUT2D eigenvalue weighted by Gasteiger charge is -2.17. The highest BCUT2D eigenvalue weighted by Crippen LogP contribution is 2.37. The number of fused-ring (bicyclic) bond motifs is 2. The Morgan fingerprint density at radius 3 is 1.65 bits per heavy atom. The molecular weight excluding hydrogens is 648 g/mol. The topological polar surface area (TPSA) is 83.3 Å². The zero-order valence-electron chi connectivity index (χ0n) is 22.7. The van der Waals surface area contributed by atoms with Crippen molar-refractivity contribution in [2.24, 2.45) is 0 Å². The molecule has 2 aromatic carbocycles. The molecule has 0 fully saturated rings. The molecule has 6 rings (SSSR count). The van der Waals surface area contributed by atoms with E-state index >= 15 is 0 Å². The van der Waals surface area contributed by atoms with Gasteiger partial charge in [0.1, 0.15) is 40.0 Å². The van der Waals surface area contributed by atoms with E-state index < -0.39 is 11.6 Å². The minimum absolute atomic E-state index is 0.0312. The van der Waals surface area contributed by atoms with Gasteiger partial charge in [0.15, 0.2) is 0 Å². The molecular formula is C29H26Cl4F2N4O4. The Morgan fingerprint density at radius 2 is 1.19 bits per heavy atom. The van der Waals surface area contributed by atoms with Crippen LogP contribution in [0.15, 0.2) is 46.5 Å². The third-order valence-corrected chi connectivity index (χ3v) is 8.64. The van der Waals surface area contributed by atoms with E-state index in [0.717, 1.165) is 43.9 Å². The van der Waals surface area contributed by atoms with Crippen molar-refractivity contribution in [1.29, 1.82) is 0 Å². The van der Waals surface area contributed by atoms with Gasteiger partial charge in [-0.05, 0) is 49.9 Å². The lowest BCUT2D eigenvalue weighted by molar-refractivity contribution is 0.356. The summed E-state index contributed by atoms with van der Waals surface area (Å²) in [6.07, 6.45) is 5.19. The molecule has 0 bridgehead atoms. The summed E-state index contributed by atoms with van der Waals surface area (Å²) >= 11 is 24.2. The van der Waals surface area contributed by atoms with E-state index in [1.165, 1.54) is 10.7 Å². The van der Waals surface area contributed by atoms with E-state index in [1.807, 2.05) is 0 Å². The second-order valence-electron chi connectivity index (χ2n) is 9.99. The first-order valence-corrected chi connectivity index (χ1v) is 15.0. The van der Waals surface area contributed by atoms with Crippen molar-refractivity contribution in [3.8, 4) is 33.8 Å². The summed E-state index contributed by atoms with van der Waals surface area (Å²) < 4.78 is 40.2. The third kappa shape index (κ3) is 5.85. The van der Waals surface area contributed by atoms with Crippen molar-refractivity contribution in [3.63, 3.8) is 0 Å². The molecule has 2 aliphatic rings. The largest absolute Gasteiger partial charge is 0.506 e. The molecule has 4 aromatic rings. The summed E-state index contributed by atoms with van der Waals surface area (Å²) in [5, 5.41) is 10.1. The van der Waals surface area contributed by atoms with Gasteiger partial charge in [-0.25, -0.2) is 18.1 Å². The Kier molecular flexibility index (Phi) is 9.31. The summed E-state index contributed by atoms with van der Waals surface area (Å²) in [5.74, 6) is -1.29. The molecule has 1 N–H and O–H groups in total. The van der Waals surface area contributed by atoms with E-state index in [2.05, 4.69) is 6.58 Å². The minimum Gasteiger partial charge on any atom is -0.506 e. The Bertz CT molecular complexity index is 1840. The Balaban J connectivity index is 0.000000173. The van der Waals surface area contributed by atoms with Crippen molar-refractivity contribution in [3.05, 3.63) is 89.6 Å². The van der Waals surface area contributed by atoms with E-state index in [1.54, 1.807) is 20.1 Å². The average molecular weight is 674 g/mol. The number of nitrogens with zero attached hydrogens (tertiary/aromatic N) is 4. The number of phenolic OH excluding ortho intramolecular Hbond substituents is 1. The number of halogens is 6. The van der Waals surface area contributed by atoms with Crippen molar-refractivity contribution < 1.29 is 18.6 Å².